The second-order valence-corrected chi connectivity index (χ2v) is 14.9. The van der Waals surface area contributed by atoms with Crippen LogP contribution in [0.25, 0.3) is 28.0 Å². The number of carbonyl (C=O) groups excluding carboxylic acids is 2. The van der Waals surface area contributed by atoms with E-state index < -0.39 is 11.3 Å². The van der Waals surface area contributed by atoms with Crippen molar-refractivity contribution in [2.45, 2.75) is 29.9 Å². The van der Waals surface area contributed by atoms with Crippen LogP contribution in [0.1, 0.15) is 40.6 Å². The molecule has 2 fully saturated rings. The van der Waals surface area contributed by atoms with Gasteiger partial charge in [0.15, 0.2) is 0 Å². The minimum atomic E-state index is -0.592. The normalized spacial score (nSPS) is 18.4. The number of thioether (sulfide) groups is 1. The van der Waals surface area contributed by atoms with Gasteiger partial charge in [-0.25, -0.2) is 9.99 Å². The molecule has 4 aromatic carbocycles. The minimum absolute atomic E-state index is 0.0627. The van der Waals surface area contributed by atoms with Crippen LogP contribution >= 0.6 is 43.6 Å². The summed E-state index contributed by atoms with van der Waals surface area (Å²) in [4.78, 5) is 48.7. The second kappa shape index (κ2) is 13.9. The third kappa shape index (κ3) is 6.41. The Balaban J connectivity index is 1.20. The van der Waals surface area contributed by atoms with Crippen LogP contribution in [0.15, 0.2) is 105 Å². The first kappa shape index (κ1) is 32.6. The van der Waals surface area contributed by atoms with Gasteiger partial charge in [-0.1, -0.05) is 70.9 Å². The molecular weight excluding hydrogens is 758 g/mol. The van der Waals surface area contributed by atoms with E-state index in [9.17, 15) is 19.5 Å². The maximum Gasteiger partial charge on any atom is 0.269 e. The fourth-order valence-corrected chi connectivity index (χ4v) is 9.01. The molecule has 0 aliphatic carbocycles. The Hall–Kier alpha value is -3.97. The number of nitrogens with zero attached hydrogens (tertiary/aromatic N) is 4. The zero-order valence-corrected chi connectivity index (χ0v) is 29.7. The van der Waals surface area contributed by atoms with Crippen molar-refractivity contribution in [2.24, 2.45) is 0 Å². The molecule has 0 saturated carbocycles. The minimum Gasteiger partial charge on any atom is -0.508 e. The first-order valence-corrected chi connectivity index (χ1v) is 18.2. The van der Waals surface area contributed by atoms with Gasteiger partial charge in [-0.3, -0.25) is 24.4 Å². The third-order valence-corrected chi connectivity index (χ3v) is 11.1. The molecule has 2 atom stereocenters. The van der Waals surface area contributed by atoms with Crippen LogP contribution in [-0.2, 0) is 4.79 Å². The summed E-state index contributed by atoms with van der Waals surface area (Å²) in [6.45, 7) is 2.47. The number of rotatable bonds is 7. The number of likely N-dealkylation sites (tertiary alicyclic amines) is 1. The average Bonchev–Trinajstić information content (AvgIpc) is 3.39. The van der Waals surface area contributed by atoms with Crippen molar-refractivity contribution >= 4 is 66.3 Å². The number of amides is 2. The Kier molecular flexibility index (Phi) is 9.41. The van der Waals surface area contributed by atoms with Gasteiger partial charge in [0.1, 0.15) is 22.2 Å². The first-order valence-electron chi connectivity index (χ1n) is 15.7. The molecule has 0 bridgehead atoms. The van der Waals surface area contributed by atoms with Crippen molar-refractivity contribution < 1.29 is 14.7 Å². The number of halogens is 2. The van der Waals surface area contributed by atoms with Crippen molar-refractivity contribution in [3.63, 3.8) is 0 Å². The molecule has 12 heteroatoms. The molecule has 244 valence electrons. The molecule has 9 nitrogen and oxygen atoms in total. The van der Waals surface area contributed by atoms with Crippen LogP contribution in [0, 0.1) is 0 Å². The lowest BCUT2D eigenvalue weighted by Crippen LogP contribution is -2.47. The highest BCUT2D eigenvalue weighted by Gasteiger charge is 2.44. The summed E-state index contributed by atoms with van der Waals surface area (Å²) in [7, 11) is 0. The van der Waals surface area contributed by atoms with Gasteiger partial charge in [-0.15, -0.1) is 11.8 Å². The number of para-hydroxylation sites is 1. The molecule has 3 heterocycles. The molecule has 5 aromatic rings. The SMILES string of the molecule is O=C(NN1C(=O)C(CN2CCCCC2)SC1c1ccccc1O)c1ccc(-n2c(-c3ccccc3)nc3c(Br)cc(Br)cc3c2=O)cc1. The summed E-state index contributed by atoms with van der Waals surface area (Å²) in [6, 6.07) is 26.6. The Bertz CT molecular complexity index is 2070. The van der Waals surface area contributed by atoms with Gasteiger partial charge in [-0.05, 0) is 84.3 Å². The summed E-state index contributed by atoms with van der Waals surface area (Å²) < 4.78 is 2.97. The fraction of sp³-hybridized carbons (Fsp3) is 0.222. The number of hydrogen-bond acceptors (Lipinski definition) is 7. The molecule has 2 aliphatic heterocycles. The molecule has 48 heavy (non-hydrogen) atoms. The summed E-state index contributed by atoms with van der Waals surface area (Å²) >= 11 is 8.47. The summed E-state index contributed by atoms with van der Waals surface area (Å²) in [5.74, 6) is -0.164. The molecule has 0 radical (unpaired) electrons. The standard InChI is InChI=1S/C36H31Br2N5O4S/c37-24-19-27-31(28(38)20-24)39-32(22-9-3-1-4-10-22)42(34(27)46)25-15-13-23(14-16-25)33(45)40-43-35(47)30(21-41-17-7-2-8-18-41)48-36(43)26-11-5-6-12-29(26)44/h1,3-6,9-16,19-20,30,36,44H,2,7-8,17-18,21H2,(H,40,45). The van der Waals surface area contributed by atoms with Crippen molar-refractivity contribution in [3.05, 3.63) is 121 Å². The molecule has 0 spiro atoms. The van der Waals surface area contributed by atoms with Crippen LogP contribution in [0.5, 0.6) is 5.75 Å². The zero-order chi connectivity index (χ0) is 33.4. The Morgan fingerprint density at radius 2 is 1.62 bits per heavy atom. The van der Waals surface area contributed by atoms with Crippen molar-refractivity contribution in [2.75, 3.05) is 19.6 Å². The fourth-order valence-electron chi connectivity index (χ4n) is 6.24. The number of phenols is 1. The lowest BCUT2D eigenvalue weighted by Gasteiger charge is -2.28. The summed E-state index contributed by atoms with van der Waals surface area (Å²) in [6.07, 6.45) is 3.40. The van der Waals surface area contributed by atoms with Crippen LogP contribution in [0.4, 0.5) is 0 Å². The predicted molar refractivity (Wildman–Crippen MR) is 195 cm³/mol. The maximum atomic E-state index is 14.0. The molecule has 1 aromatic heterocycles. The van der Waals surface area contributed by atoms with Gasteiger partial charge in [0.25, 0.3) is 17.4 Å². The van der Waals surface area contributed by atoms with Crippen LogP contribution < -0.4 is 11.0 Å². The van der Waals surface area contributed by atoms with E-state index in [-0.39, 0.29) is 22.5 Å². The predicted octanol–water partition coefficient (Wildman–Crippen LogP) is 7.06. The molecule has 2 aliphatic rings. The van der Waals surface area contributed by atoms with Crippen LogP contribution in [0.2, 0.25) is 0 Å². The highest BCUT2D eigenvalue weighted by Crippen LogP contribution is 2.45. The van der Waals surface area contributed by atoms with Gasteiger partial charge in [0.05, 0.1) is 16.6 Å². The van der Waals surface area contributed by atoms with Gasteiger partial charge in [0, 0.05) is 32.2 Å². The maximum absolute atomic E-state index is 14.0. The average molecular weight is 790 g/mol. The third-order valence-electron chi connectivity index (χ3n) is 8.65. The number of hydrogen-bond donors (Lipinski definition) is 2. The zero-order valence-electron chi connectivity index (χ0n) is 25.7. The number of hydrazine groups is 1. The Morgan fingerprint density at radius 1 is 0.917 bits per heavy atom. The summed E-state index contributed by atoms with van der Waals surface area (Å²) in [5, 5.41) is 11.5. The topological polar surface area (TPSA) is 108 Å². The van der Waals surface area contributed by atoms with Crippen molar-refractivity contribution in [1.29, 1.82) is 0 Å². The number of benzene rings is 4. The number of carbonyl (C=O) groups is 2. The number of nitrogens with one attached hydrogen (secondary N) is 1. The largest absolute Gasteiger partial charge is 0.508 e. The second-order valence-electron chi connectivity index (χ2n) is 11.8. The molecule has 2 N–H and O–H groups in total. The van der Waals surface area contributed by atoms with E-state index in [1.807, 2.05) is 42.5 Å². The van der Waals surface area contributed by atoms with E-state index in [4.69, 9.17) is 4.98 Å². The van der Waals surface area contributed by atoms with Crippen LogP contribution in [-0.4, -0.2) is 61.3 Å². The van der Waals surface area contributed by atoms with Gasteiger partial charge >= 0.3 is 0 Å². The molecule has 2 amide bonds. The highest BCUT2D eigenvalue weighted by molar-refractivity contribution is 9.11. The van der Waals surface area contributed by atoms with E-state index in [1.165, 1.54) is 27.8 Å². The van der Waals surface area contributed by atoms with E-state index in [0.717, 1.165) is 36.0 Å². The Morgan fingerprint density at radius 3 is 2.35 bits per heavy atom. The van der Waals surface area contributed by atoms with E-state index >= 15 is 0 Å². The summed E-state index contributed by atoms with van der Waals surface area (Å²) in [5.41, 5.74) is 5.27. The monoisotopic (exact) mass is 787 g/mol. The lowest BCUT2D eigenvalue weighted by molar-refractivity contribution is -0.132. The number of aromatic nitrogens is 2. The smallest absolute Gasteiger partial charge is 0.269 e. The molecular formula is C36H31Br2N5O4S. The van der Waals surface area contributed by atoms with E-state index in [0.29, 0.717) is 44.6 Å². The van der Waals surface area contributed by atoms with Gasteiger partial charge in [-0.2, -0.15) is 0 Å². The number of fused-ring (bicyclic) bond motifs is 1. The first-order chi connectivity index (χ1) is 23.3. The van der Waals surface area contributed by atoms with Crippen molar-refractivity contribution in [1.82, 2.24) is 24.9 Å². The highest BCUT2D eigenvalue weighted by atomic mass is 79.9. The van der Waals surface area contributed by atoms with Crippen molar-refractivity contribution in [3.8, 4) is 22.8 Å². The van der Waals surface area contributed by atoms with E-state index in [1.54, 1.807) is 48.5 Å². The lowest BCUT2D eigenvalue weighted by atomic mass is 10.1. The van der Waals surface area contributed by atoms with Gasteiger partial charge < -0.3 is 10.0 Å². The Labute approximate surface area is 298 Å². The van der Waals surface area contributed by atoms with Crippen LogP contribution in [0.3, 0.4) is 0 Å². The number of piperidine rings is 1. The quantitative estimate of drug-likeness (QED) is 0.182. The van der Waals surface area contributed by atoms with E-state index in [2.05, 4.69) is 42.2 Å². The number of aromatic hydroxyl groups is 1. The number of phenolic OH excluding ortho intramolecular Hbond substituents is 1. The molecule has 7 rings (SSSR count). The van der Waals surface area contributed by atoms with Gasteiger partial charge in [0.2, 0.25) is 0 Å². The molecule has 2 unspecified atom stereocenters. The molecule has 2 saturated heterocycles.